The standard InChI is InChI=1S/C73H142O17P2/c1-6-10-13-16-19-22-25-27-29-31-33-36-39-42-49-54-59-73(78)89-68(62-83-70(75)56-51-46-40-37-35-32-30-28-26-23-20-17-14-11-7-2)64-87-91(79,80)85-60-67(74)61-86-92(81,82)88-65-69(63-84-71(76)57-52-47-44-43-45-50-55-66(5)9-4)90-72(77)58-53-48-41-38-34-24-21-18-15-12-8-3/h66-69,74H,6-65H2,1-5H3,(H,79,80)(H,81,82)/t66?,67-,68-,69-/m1/s1. The van der Waals surface area contributed by atoms with Crippen molar-refractivity contribution in [3.8, 4) is 0 Å². The smallest absolute Gasteiger partial charge is 0.462 e. The zero-order valence-electron chi connectivity index (χ0n) is 59.7. The number of unbranched alkanes of at least 4 members (excludes halogenated alkanes) is 44. The second kappa shape index (κ2) is 66.3. The Hall–Kier alpha value is -1.94. The predicted octanol–water partition coefficient (Wildman–Crippen LogP) is 21.3. The number of aliphatic hydroxyl groups excluding tert-OH is 1. The molecular formula is C73H142O17P2. The molecule has 0 amide bonds. The topological polar surface area (TPSA) is 237 Å². The van der Waals surface area contributed by atoms with E-state index in [0.717, 1.165) is 102 Å². The van der Waals surface area contributed by atoms with Crippen LogP contribution in [0.2, 0.25) is 0 Å². The van der Waals surface area contributed by atoms with Gasteiger partial charge in [0.15, 0.2) is 12.2 Å². The average molecular weight is 1350 g/mol. The van der Waals surface area contributed by atoms with Gasteiger partial charge in [-0.1, -0.05) is 330 Å². The molecule has 0 fully saturated rings. The van der Waals surface area contributed by atoms with E-state index in [1.165, 1.54) is 199 Å². The molecule has 3 unspecified atom stereocenters. The van der Waals surface area contributed by atoms with Gasteiger partial charge in [0.05, 0.1) is 26.4 Å². The number of carbonyl (C=O) groups excluding carboxylic acids is 4. The molecule has 0 bridgehead atoms. The lowest BCUT2D eigenvalue weighted by molar-refractivity contribution is -0.161. The van der Waals surface area contributed by atoms with Crippen LogP contribution in [-0.4, -0.2) is 96.7 Å². The molecule has 0 saturated carbocycles. The van der Waals surface area contributed by atoms with Crippen molar-refractivity contribution in [2.45, 2.75) is 400 Å². The maximum absolute atomic E-state index is 13.1. The molecule has 0 heterocycles. The van der Waals surface area contributed by atoms with Gasteiger partial charge >= 0.3 is 39.5 Å². The van der Waals surface area contributed by atoms with E-state index in [4.69, 9.17) is 37.0 Å². The fraction of sp³-hybridized carbons (Fsp3) is 0.945. The summed E-state index contributed by atoms with van der Waals surface area (Å²) >= 11 is 0. The van der Waals surface area contributed by atoms with Gasteiger partial charge in [-0.3, -0.25) is 37.3 Å². The minimum atomic E-state index is -4.95. The van der Waals surface area contributed by atoms with Crippen LogP contribution in [0, 0.1) is 5.92 Å². The van der Waals surface area contributed by atoms with Crippen LogP contribution in [0.4, 0.5) is 0 Å². The lowest BCUT2D eigenvalue weighted by atomic mass is 10.00. The van der Waals surface area contributed by atoms with Crippen LogP contribution in [0.15, 0.2) is 0 Å². The second-order valence-electron chi connectivity index (χ2n) is 26.6. The van der Waals surface area contributed by atoms with E-state index in [1.807, 2.05) is 0 Å². The summed E-state index contributed by atoms with van der Waals surface area (Å²) in [4.78, 5) is 72.7. The van der Waals surface area contributed by atoms with Crippen molar-refractivity contribution in [2.75, 3.05) is 39.6 Å². The summed E-state index contributed by atoms with van der Waals surface area (Å²) in [6, 6.07) is 0. The van der Waals surface area contributed by atoms with Gasteiger partial charge in [-0.05, 0) is 31.6 Å². The molecule has 0 aromatic carbocycles. The minimum Gasteiger partial charge on any atom is -0.462 e. The van der Waals surface area contributed by atoms with E-state index in [1.54, 1.807) is 0 Å². The van der Waals surface area contributed by atoms with Crippen molar-refractivity contribution in [3.05, 3.63) is 0 Å². The van der Waals surface area contributed by atoms with E-state index in [-0.39, 0.29) is 25.7 Å². The van der Waals surface area contributed by atoms with Gasteiger partial charge < -0.3 is 33.8 Å². The van der Waals surface area contributed by atoms with Crippen molar-refractivity contribution in [2.24, 2.45) is 5.92 Å². The number of esters is 4. The summed E-state index contributed by atoms with van der Waals surface area (Å²) in [5, 5.41) is 10.6. The molecule has 0 radical (unpaired) electrons. The Labute approximate surface area is 562 Å². The summed E-state index contributed by atoms with van der Waals surface area (Å²) in [5.41, 5.74) is 0. The first-order chi connectivity index (χ1) is 44.6. The second-order valence-corrected chi connectivity index (χ2v) is 29.5. The Bertz CT molecular complexity index is 1770. The summed E-state index contributed by atoms with van der Waals surface area (Å²) in [7, 11) is -9.90. The number of hydrogen-bond donors (Lipinski definition) is 3. The van der Waals surface area contributed by atoms with E-state index in [0.29, 0.717) is 25.7 Å². The molecule has 0 spiro atoms. The lowest BCUT2D eigenvalue weighted by Gasteiger charge is -2.21. The normalized spacial score (nSPS) is 14.3. The van der Waals surface area contributed by atoms with E-state index < -0.39 is 97.5 Å². The first-order valence-corrected chi connectivity index (χ1v) is 41.2. The van der Waals surface area contributed by atoms with Crippen LogP contribution in [0.25, 0.3) is 0 Å². The van der Waals surface area contributed by atoms with Crippen molar-refractivity contribution >= 4 is 39.5 Å². The molecule has 546 valence electrons. The molecule has 3 N–H and O–H groups in total. The number of rotatable bonds is 73. The van der Waals surface area contributed by atoms with E-state index >= 15 is 0 Å². The first kappa shape index (κ1) is 90.1. The van der Waals surface area contributed by atoms with Gasteiger partial charge in [-0.15, -0.1) is 0 Å². The summed E-state index contributed by atoms with van der Waals surface area (Å²) < 4.78 is 68.4. The van der Waals surface area contributed by atoms with Gasteiger partial charge in [0.2, 0.25) is 0 Å². The molecule has 0 aliphatic heterocycles. The van der Waals surface area contributed by atoms with Crippen LogP contribution in [0.3, 0.4) is 0 Å². The quantitative estimate of drug-likeness (QED) is 0.0222. The monoisotopic (exact) mass is 1350 g/mol. The molecule has 0 aliphatic rings. The van der Waals surface area contributed by atoms with Gasteiger partial charge in [0, 0.05) is 25.7 Å². The molecule has 0 aromatic rings. The molecule has 92 heavy (non-hydrogen) atoms. The molecule has 17 nitrogen and oxygen atoms in total. The number of carbonyl (C=O) groups is 4. The van der Waals surface area contributed by atoms with Gasteiger partial charge in [-0.25, -0.2) is 9.13 Å². The highest BCUT2D eigenvalue weighted by Crippen LogP contribution is 2.45. The van der Waals surface area contributed by atoms with Gasteiger partial charge in [-0.2, -0.15) is 0 Å². The van der Waals surface area contributed by atoms with Gasteiger partial charge in [0.1, 0.15) is 19.3 Å². The van der Waals surface area contributed by atoms with Crippen LogP contribution >= 0.6 is 15.6 Å². The van der Waals surface area contributed by atoms with Crippen molar-refractivity contribution in [1.29, 1.82) is 0 Å². The first-order valence-electron chi connectivity index (χ1n) is 38.2. The Morgan fingerprint density at radius 1 is 0.304 bits per heavy atom. The van der Waals surface area contributed by atoms with Crippen molar-refractivity contribution in [1.82, 2.24) is 0 Å². The third-order valence-electron chi connectivity index (χ3n) is 17.4. The maximum Gasteiger partial charge on any atom is 0.472 e. The SMILES string of the molecule is CCCCCCCCCCCCCCCCCCC(=O)O[C@H](COC(=O)CCCCCCCCCCCCCCCCC)COP(=O)(O)OC[C@@H](O)COP(=O)(O)OC[C@@H](COC(=O)CCCCCCCCC(C)CC)OC(=O)CCCCCCCCCCCCC. The van der Waals surface area contributed by atoms with Crippen molar-refractivity contribution in [3.63, 3.8) is 0 Å². The molecular weight excluding hydrogens is 1210 g/mol. The largest absolute Gasteiger partial charge is 0.472 e. The number of aliphatic hydroxyl groups is 1. The number of ether oxygens (including phenoxy) is 4. The summed E-state index contributed by atoms with van der Waals surface area (Å²) in [5.74, 6) is -1.39. The van der Waals surface area contributed by atoms with Crippen LogP contribution in [0.5, 0.6) is 0 Å². The highest BCUT2D eigenvalue weighted by atomic mass is 31.2. The predicted molar refractivity (Wildman–Crippen MR) is 372 cm³/mol. The zero-order chi connectivity index (χ0) is 67.7. The molecule has 0 saturated heterocycles. The Balaban J connectivity index is 5.24. The Morgan fingerprint density at radius 2 is 0.522 bits per heavy atom. The highest BCUT2D eigenvalue weighted by molar-refractivity contribution is 7.47. The van der Waals surface area contributed by atoms with Gasteiger partial charge in [0.25, 0.3) is 0 Å². The fourth-order valence-electron chi connectivity index (χ4n) is 11.1. The maximum atomic E-state index is 13.1. The summed E-state index contributed by atoms with van der Waals surface area (Å²) in [6.45, 7) is 7.23. The summed E-state index contributed by atoms with van der Waals surface area (Å²) in [6.07, 6.45) is 54.0. The van der Waals surface area contributed by atoms with Crippen molar-refractivity contribution < 1.29 is 80.2 Å². The van der Waals surface area contributed by atoms with Crippen LogP contribution < -0.4 is 0 Å². The van der Waals surface area contributed by atoms with E-state index in [2.05, 4.69) is 34.6 Å². The lowest BCUT2D eigenvalue weighted by Crippen LogP contribution is -2.30. The minimum absolute atomic E-state index is 0.106. The molecule has 19 heteroatoms. The molecule has 0 aromatic heterocycles. The average Bonchev–Trinajstić information content (AvgIpc) is 1.68. The van der Waals surface area contributed by atoms with Crippen LogP contribution in [0.1, 0.15) is 381 Å². The highest BCUT2D eigenvalue weighted by Gasteiger charge is 2.30. The molecule has 0 rings (SSSR count). The Kier molecular flexibility index (Phi) is 64.9. The third-order valence-corrected chi connectivity index (χ3v) is 19.3. The van der Waals surface area contributed by atoms with Crippen LogP contribution in [-0.2, 0) is 65.4 Å². The zero-order valence-corrected chi connectivity index (χ0v) is 61.5. The molecule has 0 aliphatic carbocycles. The van der Waals surface area contributed by atoms with E-state index in [9.17, 15) is 43.2 Å². The molecule has 6 atom stereocenters. The number of phosphoric ester groups is 2. The number of phosphoric acid groups is 2. The fourth-order valence-corrected chi connectivity index (χ4v) is 12.7. The Morgan fingerprint density at radius 3 is 0.772 bits per heavy atom. The number of hydrogen-bond acceptors (Lipinski definition) is 15. The third kappa shape index (κ3) is 65.4.